The Morgan fingerprint density at radius 2 is 1.58 bits per heavy atom. The summed E-state index contributed by atoms with van der Waals surface area (Å²) in [5, 5.41) is 1.03. The van der Waals surface area contributed by atoms with Gasteiger partial charge in [0, 0.05) is 66.5 Å². The topological polar surface area (TPSA) is 81.3 Å². The smallest absolute Gasteiger partial charge is 0.229 e. The maximum Gasteiger partial charge on any atom is 0.229 e. The number of sulfonamides is 1. The van der Waals surface area contributed by atoms with Crippen LogP contribution in [0.3, 0.4) is 0 Å². The second kappa shape index (κ2) is 8.53. The number of nitrogens with zero attached hydrogens (tertiary/aromatic N) is 3. The van der Waals surface area contributed by atoms with Crippen molar-refractivity contribution in [1.82, 2.24) is 14.9 Å². The van der Waals surface area contributed by atoms with E-state index in [0.29, 0.717) is 5.69 Å². The Bertz CT molecular complexity index is 1370. The lowest BCUT2D eigenvalue weighted by molar-refractivity contribution is 0.313. The Labute approximate surface area is 194 Å². The summed E-state index contributed by atoms with van der Waals surface area (Å²) < 4.78 is 25.4. The highest BCUT2D eigenvalue weighted by atomic mass is 32.2. The fourth-order valence-corrected chi connectivity index (χ4v) is 4.83. The van der Waals surface area contributed by atoms with Crippen molar-refractivity contribution in [3.05, 3.63) is 67.0 Å². The molecule has 2 N–H and O–H groups in total. The molecule has 7 nitrogen and oxygen atoms in total. The van der Waals surface area contributed by atoms with Crippen LogP contribution >= 0.6 is 0 Å². The molecular formula is C25H27N5O2S. The van der Waals surface area contributed by atoms with Gasteiger partial charge in [-0.1, -0.05) is 24.3 Å². The summed E-state index contributed by atoms with van der Waals surface area (Å²) in [5.74, 6) is 0. The number of hydrogen-bond acceptors (Lipinski definition) is 5. The minimum Gasteiger partial charge on any atom is -0.369 e. The molecule has 2 aromatic heterocycles. The Morgan fingerprint density at radius 3 is 2.24 bits per heavy atom. The molecule has 4 aromatic rings. The van der Waals surface area contributed by atoms with Crippen molar-refractivity contribution < 1.29 is 8.42 Å². The molecule has 8 heteroatoms. The molecule has 1 fully saturated rings. The number of aromatic amines is 1. The van der Waals surface area contributed by atoms with Gasteiger partial charge in [0.05, 0.1) is 6.26 Å². The van der Waals surface area contributed by atoms with Crippen molar-refractivity contribution in [3.63, 3.8) is 0 Å². The maximum absolute atomic E-state index is 11.5. The molecule has 0 saturated carbocycles. The third kappa shape index (κ3) is 4.72. The molecule has 0 spiro atoms. The summed E-state index contributed by atoms with van der Waals surface area (Å²) >= 11 is 0. The van der Waals surface area contributed by atoms with E-state index in [4.69, 9.17) is 0 Å². The molecule has 3 heterocycles. The number of likely N-dealkylation sites (N-methyl/N-ethyl adjacent to an activating group) is 1. The van der Waals surface area contributed by atoms with Crippen molar-refractivity contribution in [2.24, 2.45) is 0 Å². The highest BCUT2D eigenvalue weighted by molar-refractivity contribution is 7.92. The fourth-order valence-electron chi connectivity index (χ4n) is 4.26. The lowest BCUT2D eigenvalue weighted by atomic mass is 10.0. The largest absolute Gasteiger partial charge is 0.369 e. The van der Waals surface area contributed by atoms with Crippen LogP contribution in [0.4, 0.5) is 11.4 Å². The number of benzene rings is 2. The molecule has 5 rings (SSSR count). The van der Waals surface area contributed by atoms with E-state index in [2.05, 4.69) is 61.9 Å². The Morgan fingerprint density at radius 1 is 0.909 bits per heavy atom. The number of fused-ring (bicyclic) bond motifs is 1. The van der Waals surface area contributed by atoms with E-state index in [1.165, 1.54) is 5.69 Å². The van der Waals surface area contributed by atoms with Crippen LogP contribution in [0.5, 0.6) is 0 Å². The van der Waals surface area contributed by atoms with Crippen molar-refractivity contribution >= 4 is 32.4 Å². The zero-order valence-corrected chi connectivity index (χ0v) is 19.6. The van der Waals surface area contributed by atoms with Gasteiger partial charge < -0.3 is 14.8 Å². The number of nitrogens with one attached hydrogen (secondary N) is 2. The quantitative estimate of drug-likeness (QED) is 0.469. The SMILES string of the molecule is CN1CCN(c2ccc(-c3cnc4[nH]cc(-c5ccc(NS(C)(=O)=O)cc5)c4c3)cc2)CC1. The van der Waals surface area contributed by atoms with Gasteiger partial charge in [0.2, 0.25) is 10.0 Å². The number of hydrogen-bond donors (Lipinski definition) is 2. The first-order valence-corrected chi connectivity index (χ1v) is 12.8. The standard InChI is InChI=1S/C25H27N5O2S/c1-29-11-13-30(14-12-29)22-9-5-18(6-10-22)20-15-23-24(17-27-25(23)26-16-20)19-3-7-21(8-4-19)28-33(2,31)32/h3-10,15-17,28H,11-14H2,1-2H3,(H,26,27). The van der Waals surface area contributed by atoms with E-state index in [9.17, 15) is 8.42 Å². The van der Waals surface area contributed by atoms with E-state index in [1.807, 2.05) is 24.5 Å². The number of H-pyrrole nitrogens is 1. The van der Waals surface area contributed by atoms with Gasteiger partial charge in [-0.2, -0.15) is 0 Å². The number of rotatable bonds is 5. The molecule has 1 saturated heterocycles. The maximum atomic E-state index is 11.5. The van der Waals surface area contributed by atoms with Gasteiger partial charge in [0.1, 0.15) is 5.65 Å². The van der Waals surface area contributed by atoms with Crippen molar-refractivity contribution in [2.45, 2.75) is 0 Å². The van der Waals surface area contributed by atoms with E-state index in [0.717, 1.165) is 65.7 Å². The highest BCUT2D eigenvalue weighted by Crippen LogP contribution is 2.32. The van der Waals surface area contributed by atoms with E-state index in [1.54, 1.807) is 12.1 Å². The van der Waals surface area contributed by atoms with Crippen molar-refractivity contribution in [1.29, 1.82) is 0 Å². The Kier molecular flexibility index (Phi) is 5.55. The summed E-state index contributed by atoms with van der Waals surface area (Å²) in [6.45, 7) is 4.27. The average Bonchev–Trinajstić information content (AvgIpc) is 3.22. The second-order valence-corrected chi connectivity index (χ2v) is 10.4. The number of anilines is 2. The Balaban J connectivity index is 1.41. The summed E-state index contributed by atoms with van der Waals surface area (Å²) in [6.07, 6.45) is 4.98. The van der Waals surface area contributed by atoms with Gasteiger partial charge in [-0.05, 0) is 48.5 Å². The molecule has 0 unspecified atom stereocenters. The molecule has 0 aliphatic carbocycles. The number of pyridine rings is 1. The third-order valence-electron chi connectivity index (χ3n) is 6.10. The molecule has 0 bridgehead atoms. The molecule has 0 amide bonds. The van der Waals surface area contributed by atoms with Gasteiger partial charge in [-0.15, -0.1) is 0 Å². The molecule has 33 heavy (non-hydrogen) atoms. The highest BCUT2D eigenvalue weighted by Gasteiger charge is 2.15. The summed E-state index contributed by atoms with van der Waals surface area (Å²) in [5.41, 5.74) is 6.82. The Hall–Kier alpha value is -3.36. The molecule has 0 radical (unpaired) electrons. The molecule has 170 valence electrons. The van der Waals surface area contributed by atoms with Crippen LogP contribution in [-0.2, 0) is 10.0 Å². The summed E-state index contributed by atoms with van der Waals surface area (Å²) in [7, 11) is -1.13. The number of aromatic nitrogens is 2. The van der Waals surface area contributed by atoms with E-state index >= 15 is 0 Å². The molecule has 1 aliphatic heterocycles. The van der Waals surface area contributed by atoms with E-state index in [-0.39, 0.29) is 0 Å². The summed E-state index contributed by atoms with van der Waals surface area (Å²) in [4.78, 5) is 12.7. The minimum absolute atomic E-state index is 0.542. The van der Waals surface area contributed by atoms with Gasteiger partial charge in [-0.25, -0.2) is 13.4 Å². The van der Waals surface area contributed by atoms with Gasteiger partial charge in [0.25, 0.3) is 0 Å². The molecule has 0 atom stereocenters. The fraction of sp³-hybridized carbons (Fsp3) is 0.240. The van der Waals surface area contributed by atoms with Crippen molar-refractivity contribution in [3.8, 4) is 22.3 Å². The molecule has 1 aliphatic rings. The van der Waals surface area contributed by atoms with Crippen LogP contribution in [0.2, 0.25) is 0 Å². The zero-order valence-electron chi connectivity index (χ0n) is 18.7. The van der Waals surface area contributed by atoms with Crippen LogP contribution in [0.1, 0.15) is 0 Å². The first kappa shape index (κ1) is 21.5. The zero-order chi connectivity index (χ0) is 23.0. The van der Waals surface area contributed by atoms with Gasteiger partial charge in [0.15, 0.2) is 0 Å². The predicted molar refractivity (Wildman–Crippen MR) is 135 cm³/mol. The lowest BCUT2D eigenvalue weighted by Gasteiger charge is -2.34. The molecular weight excluding hydrogens is 434 g/mol. The van der Waals surface area contributed by atoms with Gasteiger partial charge in [-0.3, -0.25) is 4.72 Å². The minimum atomic E-state index is -3.30. The predicted octanol–water partition coefficient (Wildman–Crippen LogP) is 4.02. The molecule has 2 aromatic carbocycles. The first-order valence-electron chi connectivity index (χ1n) is 10.9. The van der Waals surface area contributed by atoms with Crippen LogP contribution in [-0.4, -0.2) is 62.8 Å². The lowest BCUT2D eigenvalue weighted by Crippen LogP contribution is -2.44. The number of piperazine rings is 1. The second-order valence-electron chi connectivity index (χ2n) is 8.61. The average molecular weight is 462 g/mol. The first-order chi connectivity index (χ1) is 15.9. The van der Waals surface area contributed by atoms with Crippen LogP contribution in [0.25, 0.3) is 33.3 Å². The third-order valence-corrected chi connectivity index (χ3v) is 6.71. The van der Waals surface area contributed by atoms with Crippen molar-refractivity contribution in [2.75, 3.05) is 49.1 Å². The van der Waals surface area contributed by atoms with Crippen LogP contribution in [0.15, 0.2) is 67.0 Å². The monoisotopic (exact) mass is 461 g/mol. The van der Waals surface area contributed by atoms with Crippen LogP contribution in [0, 0.1) is 0 Å². The van der Waals surface area contributed by atoms with E-state index < -0.39 is 10.0 Å². The van der Waals surface area contributed by atoms with Gasteiger partial charge >= 0.3 is 0 Å². The normalized spacial score (nSPS) is 15.2. The van der Waals surface area contributed by atoms with Crippen LogP contribution < -0.4 is 9.62 Å². The summed E-state index contributed by atoms with van der Waals surface area (Å²) in [6, 6.07) is 18.2.